The number of hydrogen-bond donors (Lipinski definition) is 2. The third-order valence-corrected chi connectivity index (χ3v) is 2.79. The van der Waals surface area contributed by atoms with E-state index in [0.29, 0.717) is 12.1 Å². The van der Waals surface area contributed by atoms with Crippen LogP contribution >= 0.6 is 0 Å². The van der Waals surface area contributed by atoms with E-state index in [1.807, 2.05) is 0 Å². The van der Waals surface area contributed by atoms with Gasteiger partial charge in [0.25, 0.3) is 0 Å². The zero-order valence-electron chi connectivity index (χ0n) is 11.9. The highest BCUT2D eigenvalue weighted by Gasteiger charge is 2.41. The molecule has 1 aromatic rings. The number of carbonyl (C=O) groups is 2. The SMILES string of the molecule is COC(=O)[C@H](Cc1cc(F)c(O)c([N+](=O)[O-])c1)NC(=O)C(F)(F)F. The van der Waals surface area contributed by atoms with Crippen molar-refractivity contribution in [3.63, 3.8) is 0 Å². The van der Waals surface area contributed by atoms with Crippen molar-refractivity contribution < 1.29 is 41.9 Å². The Morgan fingerprint density at radius 2 is 2.00 bits per heavy atom. The number of benzene rings is 1. The Morgan fingerprint density at radius 3 is 2.46 bits per heavy atom. The van der Waals surface area contributed by atoms with Crippen molar-refractivity contribution in [1.82, 2.24) is 5.32 Å². The second-order valence-electron chi connectivity index (χ2n) is 4.45. The minimum atomic E-state index is -5.28. The third kappa shape index (κ3) is 4.54. The van der Waals surface area contributed by atoms with Gasteiger partial charge < -0.3 is 15.2 Å². The van der Waals surface area contributed by atoms with Crippen molar-refractivity contribution in [3.05, 3.63) is 33.6 Å². The molecule has 8 nitrogen and oxygen atoms in total. The standard InChI is InChI=1S/C12H10F4N2O6/c1-24-10(20)7(17-11(21)12(14,15)16)3-5-2-6(13)9(19)8(4-5)18(22)23/h2,4,7,19H,3H2,1H3,(H,17,21)/t7-/m0/s1. The number of nitro groups is 1. The van der Waals surface area contributed by atoms with Gasteiger partial charge in [-0.15, -0.1) is 0 Å². The zero-order chi connectivity index (χ0) is 18.7. The monoisotopic (exact) mass is 354 g/mol. The molecule has 132 valence electrons. The first-order valence-electron chi connectivity index (χ1n) is 6.08. The number of methoxy groups -OCH3 is 1. The van der Waals surface area contributed by atoms with Crippen LogP contribution in [0.3, 0.4) is 0 Å². The molecule has 0 heterocycles. The fraction of sp³-hybridized carbons (Fsp3) is 0.333. The lowest BCUT2D eigenvalue weighted by Gasteiger charge is -2.17. The predicted octanol–water partition coefficient (Wildman–Crippen LogP) is 1.20. The molecule has 1 atom stereocenters. The first-order valence-corrected chi connectivity index (χ1v) is 6.08. The number of amides is 1. The van der Waals surface area contributed by atoms with Crippen LogP contribution in [0.4, 0.5) is 23.2 Å². The third-order valence-electron chi connectivity index (χ3n) is 2.79. The van der Waals surface area contributed by atoms with E-state index < -0.39 is 52.7 Å². The van der Waals surface area contributed by atoms with Gasteiger partial charge in [0, 0.05) is 12.5 Å². The van der Waals surface area contributed by atoms with Gasteiger partial charge in [-0.3, -0.25) is 14.9 Å². The molecule has 0 saturated heterocycles. The average Bonchev–Trinajstić information content (AvgIpc) is 2.47. The maximum absolute atomic E-state index is 13.4. The molecule has 0 bridgehead atoms. The summed E-state index contributed by atoms with van der Waals surface area (Å²) in [7, 11) is 0.842. The van der Waals surface area contributed by atoms with Gasteiger partial charge in [-0.25, -0.2) is 9.18 Å². The number of ether oxygens (including phenoxy) is 1. The largest absolute Gasteiger partial charge is 0.500 e. The minimum absolute atomic E-state index is 0.310. The van der Waals surface area contributed by atoms with E-state index in [2.05, 4.69) is 4.74 Å². The van der Waals surface area contributed by atoms with Crippen LogP contribution in [0.2, 0.25) is 0 Å². The number of halogens is 4. The van der Waals surface area contributed by atoms with Gasteiger partial charge in [0.15, 0.2) is 5.82 Å². The van der Waals surface area contributed by atoms with Crippen molar-refractivity contribution >= 4 is 17.6 Å². The second-order valence-corrected chi connectivity index (χ2v) is 4.45. The van der Waals surface area contributed by atoms with Crippen LogP contribution in [0.5, 0.6) is 5.75 Å². The molecular formula is C12H10F4N2O6. The molecule has 0 saturated carbocycles. The van der Waals surface area contributed by atoms with Gasteiger partial charge in [-0.2, -0.15) is 13.2 Å². The highest BCUT2D eigenvalue weighted by molar-refractivity contribution is 5.87. The Kier molecular flexibility index (Phi) is 5.66. The van der Waals surface area contributed by atoms with E-state index >= 15 is 0 Å². The Bertz CT molecular complexity index is 676. The van der Waals surface area contributed by atoms with Crippen LogP contribution in [0.15, 0.2) is 12.1 Å². The number of phenols is 1. The van der Waals surface area contributed by atoms with Crippen LogP contribution < -0.4 is 5.32 Å². The van der Waals surface area contributed by atoms with Crippen LogP contribution in [-0.2, 0) is 20.7 Å². The summed E-state index contributed by atoms with van der Waals surface area (Å²) < 4.78 is 54.4. The normalized spacial score (nSPS) is 12.4. The summed E-state index contributed by atoms with van der Waals surface area (Å²) in [6.07, 6.45) is -6.01. The number of nitro benzene ring substituents is 1. The zero-order valence-corrected chi connectivity index (χ0v) is 11.9. The minimum Gasteiger partial charge on any atom is -0.500 e. The molecule has 0 aliphatic rings. The topological polar surface area (TPSA) is 119 Å². The summed E-state index contributed by atoms with van der Waals surface area (Å²) in [5, 5.41) is 21.2. The number of phenolic OH excluding ortho intramolecular Hbond substituents is 1. The van der Waals surface area contributed by atoms with Gasteiger partial charge in [0.1, 0.15) is 6.04 Å². The summed E-state index contributed by atoms with van der Waals surface area (Å²) in [6.45, 7) is 0. The molecule has 0 aliphatic carbocycles. The Morgan fingerprint density at radius 1 is 1.42 bits per heavy atom. The predicted molar refractivity (Wildman–Crippen MR) is 68.4 cm³/mol. The van der Waals surface area contributed by atoms with Gasteiger partial charge in [0.2, 0.25) is 5.75 Å². The quantitative estimate of drug-likeness (QED) is 0.355. The van der Waals surface area contributed by atoms with Gasteiger partial charge in [0.05, 0.1) is 12.0 Å². The number of aromatic hydroxyl groups is 1. The van der Waals surface area contributed by atoms with E-state index in [9.17, 15) is 42.4 Å². The highest BCUT2D eigenvalue weighted by atomic mass is 19.4. The van der Waals surface area contributed by atoms with E-state index in [0.717, 1.165) is 7.11 Å². The molecule has 2 N–H and O–H groups in total. The van der Waals surface area contributed by atoms with E-state index in [1.54, 1.807) is 0 Å². The maximum atomic E-state index is 13.4. The average molecular weight is 354 g/mol. The Hall–Kier alpha value is -2.92. The van der Waals surface area contributed by atoms with Crippen molar-refractivity contribution in [3.8, 4) is 5.75 Å². The first kappa shape index (κ1) is 19.1. The van der Waals surface area contributed by atoms with Crippen molar-refractivity contribution in [1.29, 1.82) is 0 Å². The fourth-order valence-electron chi connectivity index (χ4n) is 1.71. The van der Waals surface area contributed by atoms with Crippen molar-refractivity contribution in [2.24, 2.45) is 0 Å². The highest BCUT2D eigenvalue weighted by Crippen LogP contribution is 2.30. The van der Waals surface area contributed by atoms with Crippen molar-refractivity contribution in [2.45, 2.75) is 18.6 Å². The lowest BCUT2D eigenvalue weighted by Crippen LogP contribution is -2.48. The fourth-order valence-corrected chi connectivity index (χ4v) is 1.71. The molecule has 1 amide bonds. The number of rotatable bonds is 5. The summed E-state index contributed by atoms with van der Waals surface area (Å²) in [5.41, 5.74) is -1.36. The number of nitrogens with one attached hydrogen (secondary N) is 1. The Labute approximate surface area is 131 Å². The number of hydrogen-bond acceptors (Lipinski definition) is 6. The van der Waals surface area contributed by atoms with Crippen LogP contribution in [0, 0.1) is 15.9 Å². The van der Waals surface area contributed by atoms with Crippen LogP contribution in [0.1, 0.15) is 5.56 Å². The molecule has 0 spiro atoms. The van der Waals surface area contributed by atoms with Gasteiger partial charge in [-0.1, -0.05) is 0 Å². The van der Waals surface area contributed by atoms with E-state index in [1.165, 1.54) is 5.32 Å². The van der Waals surface area contributed by atoms with E-state index in [-0.39, 0.29) is 5.56 Å². The van der Waals surface area contributed by atoms with Gasteiger partial charge in [-0.05, 0) is 11.6 Å². The molecule has 12 heteroatoms. The number of esters is 1. The first-order chi connectivity index (χ1) is 11.0. The molecule has 1 aromatic carbocycles. The van der Waals surface area contributed by atoms with E-state index in [4.69, 9.17) is 0 Å². The molecule has 0 unspecified atom stereocenters. The molecule has 0 aliphatic heterocycles. The molecule has 1 rings (SSSR count). The number of alkyl halides is 3. The number of carbonyl (C=O) groups excluding carboxylic acids is 2. The Balaban J connectivity index is 3.14. The smallest absolute Gasteiger partial charge is 0.471 e. The summed E-state index contributed by atoms with van der Waals surface area (Å²) in [5.74, 6) is -6.39. The van der Waals surface area contributed by atoms with Crippen LogP contribution in [0.25, 0.3) is 0 Å². The molecule has 0 radical (unpaired) electrons. The molecule has 0 fully saturated rings. The lowest BCUT2D eigenvalue weighted by molar-refractivity contribution is -0.386. The molecule has 0 aromatic heterocycles. The number of nitrogens with zero attached hydrogens (tertiary/aromatic N) is 1. The summed E-state index contributed by atoms with van der Waals surface area (Å²) in [4.78, 5) is 31.9. The lowest BCUT2D eigenvalue weighted by atomic mass is 10.0. The van der Waals surface area contributed by atoms with Crippen molar-refractivity contribution in [2.75, 3.05) is 7.11 Å². The molecular weight excluding hydrogens is 344 g/mol. The summed E-state index contributed by atoms with van der Waals surface area (Å²) in [6, 6.07) is -0.626. The molecule has 24 heavy (non-hydrogen) atoms. The second kappa shape index (κ2) is 7.10. The maximum Gasteiger partial charge on any atom is 0.471 e. The van der Waals surface area contributed by atoms with Gasteiger partial charge >= 0.3 is 23.7 Å². The summed E-state index contributed by atoms with van der Waals surface area (Å²) >= 11 is 0. The van der Waals surface area contributed by atoms with Crippen LogP contribution in [-0.4, -0.2) is 41.2 Å².